The molecule has 18 heavy (non-hydrogen) atoms. The van der Waals surface area contributed by atoms with Gasteiger partial charge in [0.2, 0.25) is 0 Å². The van der Waals surface area contributed by atoms with Crippen LogP contribution in [0.5, 0.6) is 0 Å². The van der Waals surface area contributed by atoms with Crippen LogP contribution in [0.25, 0.3) is 0 Å². The zero-order valence-electron chi connectivity index (χ0n) is 11.0. The van der Waals surface area contributed by atoms with E-state index in [-0.39, 0.29) is 22.4 Å². The van der Waals surface area contributed by atoms with Gasteiger partial charge in [0.15, 0.2) is 0 Å². The van der Waals surface area contributed by atoms with Crippen LogP contribution in [0.2, 0.25) is 5.15 Å². The van der Waals surface area contributed by atoms with Crippen molar-refractivity contribution in [3.63, 3.8) is 0 Å². The quantitative estimate of drug-likeness (QED) is 0.797. The van der Waals surface area contributed by atoms with Crippen molar-refractivity contribution in [1.82, 2.24) is 9.55 Å². The van der Waals surface area contributed by atoms with E-state index in [1.54, 1.807) is 6.92 Å². The van der Waals surface area contributed by atoms with Crippen LogP contribution in [0.1, 0.15) is 44.7 Å². The monoisotopic (exact) mass is 270 g/mol. The Morgan fingerprint density at radius 1 is 1.28 bits per heavy atom. The second kappa shape index (κ2) is 4.92. The van der Waals surface area contributed by atoms with Crippen LogP contribution in [-0.2, 0) is 0 Å². The molecule has 0 radical (unpaired) electrons. The first-order chi connectivity index (χ1) is 8.41. The number of halogens is 1. The topological polar surface area (TPSA) is 54.9 Å². The number of hydrogen-bond acceptors (Lipinski definition) is 2. The summed E-state index contributed by atoms with van der Waals surface area (Å²) in [5.41, 5.74) is -0.223. The van der Waals surface area contributed by atoms with Crippen molar-refractivity contribution in [3.8, 4) is 0 Å². The Balaban J connectivity index is 2.49. The van der Waals surface area contributed by atoms with Gasteiger partial charge in [-0.3, -0.25) is 14.3 Å². The van der Waals surface area contributed by atoms with Gasteiger partial charge in [-0.2, -0.15) is 0 Å². The molecular formula is C13H19ClN2O2. The van der Waals surface area contributed by atoms with Gasteiger partial charge < -0.3 is 0 Å². The molecule has 1 heterocycles. The van der Waals surface area contributed by atoms with Crippen molar-refractivity contribution in [2.75, 3.05) is 0 Å². The molecule has 5 heteroatoms. The summed E-state index contributed by atoms with van der Waals surface area (Å²) in [5, 5.41) is 0.151. The van der Waals surface area contributed by atoms with Crippen LogP contribution in [-0.4, -0.2) is 9.55 Å². The van der Waals surface area contributed by atoms with E-state index in [2.05, 4.69) is 18.8 Å². The number of nitrogens with one attached hydrogen (secondary N) is 1. The molecule has 1 N–H and O–H groups in total. The number of nitrogens with zero attached hydrogens (tertiary/aromatic N) is 1. The maximum atomic E-state index is 12.2. The third kappa shape index (κ3) is 2.26. The fourth-order valence-corrected chi connectivity index (χ4v) is 3.11. The second-order valence-electron chi connectivity index (χ2n) is 5.51. The Kier molecular flexibility index (Phi) is 3.66. The first kappa shape index (κ1) is 13.4. The molecule has 0 spiro atoms. The van der Waals surface area contributed by atoms with Crippen molar-refractivity contribution in [1.29, 1.82) is 0 Å². The summed E-state index contributed by atoms with van der Waals surface area (Å²) in [7, 11) is 0. The molecule has 0 aliphatic heterocycles. The molecule has 4 nitrogen and oxygen atoms in total. The average molecular weight is 271 g/mol. The van der Waals surface area contributed by atoms with Gasteiger partial charge in [0.25, 0.3) is 5.56 Å². The Bertz CT molecular complexity index is 561. The van der Waals surface area contributed by atoms with E-state index in [4.69, 9.17) is 11.6 Å². The minimum atomic E-state index is -0.387. The third-order valence-electron chi connectivity index (χ3n) is 4.02. The zero-order chi connectivity index (χ0) is 13.4. The van der Waals surface area contributed by atoms with E-state index >= 15 is 0 Å². The lowest BCUT2D eigenvalue weighted by Crippen LogP contribution is -2.42. The Morgan fingerprint density at radius 3 is 2.56 bits per heavy atom. The molecule has 0 amide bonds. The van der Waals surface area contributed by atoms with E-state index in [9.17, 15) is 9.59 Å². The standard InChI is InChI=1S/C13H19ClN2O2/c1-7-4-5-10(8(2)6-7)16-12(17)9(3)11(14)15-13(16)18/h7-8,10H,4-6H2,1-3H3,(H,15,18). The van der Waals surface area contributed by atoms with Crippen molar-refractivity contribution in [2.24, 2.45) is 11.8 Å². The number of H-pyrrole nitrogens is 1. The van der Waals surface area contributed by atoms with Crippen molar-refractivity contribution in [2.45, 2.75) is 46.1 Å². The van der Waals surface area contributed by atoms with Gasteiger partial charge in [0.1, 0.15) is 5.15 Å². The minimum Gasteiger partial charge on any atom is -0.297 e. The molecule has 0 saturated heterocycles. The highest BCUT2D eigenvalue weighted by Crippen LogP contribution is 2.35. The molecule has 3 unspecified atom stereocenters. The van der Waals surface area contributed by atoms with Gasteiger partial charge in [0, 0.05) is 11.6 Å². The van der Waals surface area contributed by atoms with Gasteiger partial charge in [-0.25, -0.2) is 4.79 Å². The summed E-state index contributed by atoms with van der Waals surface area (Å²) in [6.45, 7) is 5.97. The molecule has 0 bridgehead atoms. The number of rotatable bonds is 1. The van der Waals surface area contributed by atoms with Crippen LogP contribution < -0.4 is 11.2 Å². The van der Waals surface area contributed by atoms with Crippen LogP contribution in [0.3, 0.4) is 0 Å². The summed E-state index contributed by atoms with van der Waals surface area (Å²) in [6, 6.07) is -0.00610. The summed E-state index contributed by atoms with van der Waals surface area (Å²) >= 11 is 5.82. The van der Waals surface area contributed by atoms with Gasteiger partial charge in [-0.15, -0.1) is 0 Å². The molecular weight excluding hydrogens is 252 g/mol. The maximum absolute atomic E-state index is 12.2. The molecule has 2 rings (SSSR count). The first-order valence-electron chi connectivity index (χ1n) is 6.42. The van der Waals surface area contributed by atoms with Crippen molar-refractivity contribution >= 4 is 11.6 Å². The molecule has 100 valence electrons. The van der Waals surface area contributed by atoms with E-state index in [0.717, 1.165) is 19.3 Å². The molecule has 1 aromatic rings. The fourth-order valence-electron chi connectivity index (χ4n) is 2.95. The molecule has 1 aliphatic rings. The number of aromatic nitrogens is 2. The van der Waals surface area contributed by atoms with Crippen LogP contribution in [0.4, 0.5) is 0 Å². The SMILES string of the molecule is Cc1c(Cl)[nH]c(=O)n(C2CCC(C)CC2C)c1=O. The highest BCUT2D eigenvalue weighted by atomic mass is 35.5. The van der Waals surface area contributed by atoms with Gasteiger partial charge in [-0.05, 0) is 38.0 Å². The fraction of sp³-hybridized carbons (Fsp3) is 0.692. The molecule has 1 aromatic heterocycles. The summed E-state index contributed by atoms with van der Waals surface area (Å²) < 4.78 is 1.36. The Labute approximate surface area is 111 Å². The van der Waals surface area contributed by atoms with Gasteiger partial charge in [-0.1, -0.05) is 25.4 Å². The first-order valence-corrected chi connectivity index (χ1v) is 6.80. The molecule has 1 saturated carbocycles. The van der Waals surface area contributed by atoms with Crippen LogP contribution >= 0.6 is 11.6 Å². The normalized spacial score (nSPS) is 28.3. The molecule has 0 aromatic carbocycles. The number of aromatic amines is 1. The van der Waals surface area contributed by atoms with E-state index in [0.29, 0.717) is 17.4 Å². The van der Waals surface area contributed by atoms with E-state index in [1.807, 2.05) is 0 Å². The Morgan fingerprint density at radius 2 is 1.94 bits per heavy atom. The van der Waals surface area contributed by atoms with E-state index in [1.165, 1.54) is 4.57 Å². The number of hydrogen-bond donors (Lipinski definition) is 1. The van der Waals surface area contributed by atoms with Crippen LogP contribution in [0, 0.1) is 18.8 Å². The molecule has 3 atom stereocenters. The Hall–Kier alpha value is -1.03. The van der Waals surface area contributed by atoms with Gasteiger partial charge in [0.05, 0.1) is 0 Å². The summed E-state index contributed by atoms with van der Waals surface area (Å²) in [4.78, 5) is 26.7. The molecule has 1 fully saturated rings. The smallest absolute Gasteiger partial charge is 0.297 e. The lowest BCUT2D eigenvalue weighted by atomic mass is 9.80. The highest BCUT2D eigenvalue weighted by molar-refractivity contribution is 6.30. The predicted octanol–water partition coefficient (Wildman–Crippen LogP) is 2.50. The van der Waals surface area contributed by atoms with Crippen LogP contribution in [0.15, 0.2) is 9.59 Å². The van der Waals surface area contributed by atoms with E-state index < -0.39 is 0 Å². The lowest BCUT2D eigenvalue weighted by Gasteiger charge is -2.33. The average Bonchev–Trinajstić information content (AvgIpc) is 2.29. The summed E-state index contributed by atoms with van der Waals surface area (Å²) in [6.07, 6.45) is 2.99. The maximum Gasteiger partial charge on any atom is 0.329 e. The summed E-state index contributed by atoms with van der Waals surface area (Å²) in [5.74, 6) is 1.01. The van der Waals surface area contributed by atoms with Gasteiger partial charge >= 0.3 is 5.69 Å². The minimum absolute atomic E-state index is 0.00610. The molecule has 1 aliphatic carbocycles. The largest absolute Gasteiger partial charge is 0.329 e. The van der Waals surface area contributed by atoms with Crippen molar-refractivity contribution < 1.29 is 0 Å². The van der Waals surface area contributed by atoms with Crippen molar-refractivity contribution in [3.05, 3.63) is 31.6 Å². The second-order valence-corrected chi connectivity index (χ2v) is 5.89. The zero-order valence-corrected chi connectivity index (χ0v) is 11.8. The third-order valence-corrected chi connectivity index (χ3v) is 4.40. The lowest BCUT2D eigenvalue weighted by molar-refractivity contribution is 0.199. The predicted molar refractivity (Wildman–Crippen MR) is 72.3 cm³/mol. The highest BCUT2D eigenvalue weighted by Gasteiger charge is 2.29.